The maximum atomic E-state index is 14.2. The molecule has 14 nitrogen and oxygen atoms in total. The summed E-state index contributed by atoms with van der Waals surface area (Å²) in [4.78, 5) is 53.6. The van der Waals surface area contributed by atoms with Crippen LogP contribution in [0.3, 0.4) is 0 Å². The minimum Gasteiger partial charge on any atom is -0.464 e. The number of piperazine rings is 1. The van der Waals surface area contributed by atoms with E-state index in [1.807, 2.05) is 6.20 Å². The van der Waals surface area contributed by atoms with Crippen LogP contribution in [0.5, 0.6) is 0 Å². The normalized spacial score (nSPS) is 24.8. The number of hydrazine groups is 1. The molecule has 2 amide bonds. The number of amides is 2. The summed E-state index contributed by atoms with van der Waals surface area (Å²) >= 11 is 0. The van der Waals surface area contributed by atoms with E-state index < -0.39 is 17.5 Å². The maximum Gasteiger partial charge on any atom is 0.324 e. The molecule has 3 aromatic rings. The van der Waals surface area contributed by atoms with Gasteiger partial charge in [-0.25, -0.2) is 5.43 Å². The van der Waals surface area contributed by atoms with Crippen molar-refractivity contribution in [2.45, 2.75) is 97.6 Å². The number of carbonyl (C=O) groups excluding carboxylic acids is 3. The highest BCUT2D eigenvalue weighted by Gasteiger charge is 2.43. The van der Waals surface area contributed by atoms with Crippen LogP contribution in [0.1, 0.15) is 77.7 Å². The molecule has 6 atom stereocenters. The highest BCUT2D eigenvalue weighted by molar-refractivity contribution is 7.60. The standard InChI is InChI=1S/C45H64N8O6.6H2S/c1-8-52-39-12-11-30-21-34(39)36(41(52)35-22-31(25-46-40(35)29(3)57-7)50-16-14-49(6)15-17-50)24-45(4,5)27-59-44(56)37-10-9-13-53(48-37)43(55)38(47-42(54)33-20-28(33)2)23-32-26-51(30)18-19-58-32;;;;;;/h11-12,21-22,25,28-29,32-33,37-38,48H,8-10,13-20,23-24,26-27H2,1-7H3,(H,47,54);6*1H2/t28-,29-,32-,33-,37-,38-;;;;;;/m0....../s1. The lowest BCUT2D eigenvalue weighted by Crippen LogP contribution is -2.61. The van der Waals surface area contributed by atoms with Crippen molar-refractivity contribution in [3.8, 4) is 11.3 Å². The van der Waals surface area contributed by atoms with Gasteiger partial charge in [0.25, 0.3) is 5.91 Å². The second-order valence-electron chi connectivity index (χ2n) is 18.4. The lowest BCUT2D eigenvalue weighted by molar-refractivity contribution is -0.155. The van der Waals surface area contributed by atoms with Crippen LogP contribution >= 0.6 is 81.0 Å². The molecule has 0 unspecified atom stereocenters. The Hall–Kier alpha value is -2.14. The first-order chi connectivity index (χ1) is 28.3. The molecule has 0 spiro atoms. The van der Waals surface area contributed by atoms with E-state index in [1.165, 1.54) is 10.6 Å². The highest BCUT2D eigenvalue weighted by Crippen LogP contribution is 2.43. The second kappa shape index (κ2) is 24.9. The second-order valence-corrected chi connectivity index (χ2v) is 18.4. The van der Waals surface area contributed by atoms with Gasteiger partial charge in [0.2, 0.25) is 5.91 Å². The maximum absolute atomic E-state index is 14.2. The van der Waals surface area contributed by atoms with E-state index in [0.717, 1.165) is 78.4 Å². The number of cyclic esters (lactones) is 1. The fourth-order valence-electron chi connectivity index (χ4n) is 9.50. The van der Waals surface area contributed by atoms with E-state index in [9.17, 15) is 14.4 Å². The van der Waals surface area contributed by atoms with Gasteiger partial charge >= 0.3 is 5.97 Å². The summed E-state index contributed by atoms with van der Waals surface area (Å²) in [7, 11) is 3.91. The molecule has 6 heterocycles. The van der Waals surface area contributed by atoms with Crippen LogP contribution in [0, 0.1) is 17.3 Å². The van der Waals surface area contributed by atoms with Gasteiger partial charge in [0.15, 0.2) is 0 Å². The van der Waals surface area contributed by atoms with Gasteiger partial charge in [-0.2, -0.15) is 81.0 Å². The number of rotatable bonds is 7. The number of benzene rings is 1. The summed E-state index contributed by atoms with van der Waals surface area (Å²) < 4.78 is 20.9. The molecule has 2 N–H and O–H groups in total. The summed E-state index contributed by atoms with van der Waals surface area (Å²) in [6.07, 6.45) is 4.43. The number of hydrogen-bond acceptors (Lipinski definition) is 11. The molecule has 3 saturated heterocycles. The van der Waals surface area contributed by atoms with E-state index in [4.69, 9.17) is 19.2 Å². The zero-order chi connectivity index (χ0) is 41.6. The number of hydrogen-bond donors (Lipinski definition) is 2. The lowest BCUT2D eigenvalue weighted by Gasteiger charge is -2.38. The van der Waals surface area contributed by atoms with Crippen molar-refractivity contribution >= 4 is 121 Å². The quantitative estimate of drug-likeness (QED) is 0.302. The Bertz CT molecular complexity index is 2070. The van der Waals surface area contributed by atoms with Crippen LogP contribution in [0.25, 0.3) is 22.2 Å². The predicted octanol–water partition coefficient (Wildman–Crippen LogP) is 5.22. The minimum atomic E-state index is -0.797. The third-order valence-corrected chi connectivity index (χ3v) is 13.3. The van der Waals surface area contributed by atoms with Gasteiger partial charge < -0.3 is 38.8 Å². The predicted molar refractivity (Wildman–Crippen MR) is 290 cm³/mol. The molecule has 6 bridgehead atoms. The Kier molecular flexibility index (Phi) is 22.6. The number of methoxy groups -OCH3 is 1. The first kappa shape index (κ1) is 59.0. The van der Waals surface area contributed by atoms with Gasteiger partial charge in [0.1, 0.15) is 12.1 Å². The zero-order valence-electron chi connectivity index (χ0n) is 39.1. The number of pyridine rings is 1. The van der Waals surface area contributed by atoms with Gasteiger partial charge in [0.05, 0.1) is 48.7 Å². The SMILES string of the molecule is CCn1c(-c2cc(N3CCN(C)CC3)cnc2[C@H](C)OC)c2c3cc(ccc31)N1CCO[C@@H](C[C@H](NC(=O)[C@H]3C[C@@H]3C)C(=O)N3CCC[C@H](N3)C(=O)OCC(C)(C)C2)C1.S.S.S.S.S.S. The van der Waals surface area contributed by atoms with Crippen molar-refractivity contribution in [2.75, 3.05) is 83.0 Å². The van der Waals surface area contributed by atoms with Crippen LogP contribution in [0.2, 0.25) is 0 Å². The van der Waals surface area contributed by atoms with Crippen LogP contribution in [-0.4, -0.2) is 129 Å². The number of nitrogens with one attached hydrogen (secondary N) is 2. The molecule has 65 heavy (non-hydrogen) atoms. The number of morpholine rings is 1. The molecule has 0 radical (unpaired) electrons. The topological polar surface area (TPSA) is 134 Å². The van der Waals surface area contributed by atoms with Gasteiger partial charge in [-0.15, -0.1) is 0 Å². The first-order valence-electron chi connectivity index (χ1n) is 21.9. The number of likely N-dealkylation sites (N-methyl/N-ethyl adjacent to an activating group) is 1. The van der Waals surface area contributed by atoms with Crippen LogP contribution in [-0.2, 0) is 41.6 Å². The number of aromatic nitrogens is 2. The highest BCUT2D eigenvalue weighted by atomic mass is 32.1. The Morgan fingerprint density at radius 1 is 0.985 bits per heavy atom. The van der Waals surface area contributed by atoms with Gasteiger partial charge in [-0.3, -0.25) is 24.4 Å². The Labute approximate surface area is 428 Å². The van der Waals surface area contributed by atoms with Crippen molar-refractivity contribution in [1.29, 1.82) is 0 Å². The van der Waals surface area contributed by atoms with E-state index in [-0.39, 0.29) is 123 Å². The summed E-state index contributed by atoms with van der Waals surface area (Å²) in [6, 6.07) is 7.58. The molecule has 2 aromatic heterocycles. The van der Waals surface area contributed by atoms with E-state index in [0.29, 0.717) is 57.8 Å². The molecule has 4 aliphatic heterocycles. The molecule has 368 valence electrons. The van der Waals surface area contributed by atoms with Crippen LogP contribution < -0.4 is 20.5 Å². The zero-order valence-corrected chi connectivity index (χ0v) is 45.1. The lowest BCUT2D eigenvalue weighted by atomic mass is 9.84. The van der Waals surface area contributed by atoms with E-state index in [1.54, 1.807) is 7.11 Å². The molecular weight excluding hydrogens is 941 g/mol. The Morgan fingerprint density at radius 2 is 1.69 bits per heavy atom. The third kappa shape index (κ3) is 12.9. The molecule has 1 aliphatic carbocycles. The number of ether oxygens (including phenoxy) is 3. The number of fused-ring (bicyclic) bond motifs is 6. The van der Waals surface area contributed by atoms with Crippen molar-refractivity contribution < 1.29 is 28.6 Å². The van der Waals surface area contributed by atoms with E-state index >= 15 is 0 Å². The largest absolute Gasteiger partial charge is 0.464 e. The van der Waals surface area contributed by atoms with Crippen molar-refractivity contribution in [2.24, 2.45) is 17.3 Å². The van der Waals surface area contributed by atoms with Crippen molar-refractivity contribution in [1.82, 2.24) is 30.2 Å². The number of nitrogens with zero attached hydrogens (tertiary/aromatic N) is 6. The Morgan fingerprint density at radius 3 is 2.35 bits per heavy atom. The van der Waals surface area contributed by atoms with Crippen molar-refractivity contribution in [3.05, 3.63) is 41.7 Å². The molecular formula is C45H76N8O6S6. The third-order valence-electron chi connectivity index (χ3n) is 13.3. The average molecular weight is 1020 g/mol. The van der Waals surface area contributed by atoms with Gasteiger partial charge in [-0.05, 0) is 82.3 Å². The van der Waals surface area contributed by atoms with Crippen LogP contribution in [0.4, 0.5) is 11.4 Å². The smallest absolute Gasteiger partial charge is 0.324 e. The molecule has 4 fully saturated rings. The van der Waals surface area contributed by atoms with E-state index in [2.05, 4.69) is 95.9 Å². The Balaban J connectivity index is 0.00000242. The number of aryl methyl sites for hydroxylation is 1. The summed E-state index contributed by atoms with van der Waals surface area (Å²) in [6.45, 7) is 17.6. The molecule has 20 heteroatoms. The van der Waals surface area contributed by atoms with Crippen molar-refractivity contribution in [3.63, 3.8) is 0 Å². The fraction of sp³-hybridized carbons (Fsp3) is 0.644. The summed E-state index contributed by atoms with van der Waals surface area (Å²) in [5.41, 5.74) is 10.3. The molecule has 5 aliphatic rings. The first-order valence-corrected chi connectivity index (χ1v) is 21.9. The summed E-state index contributed by atoms with van der Waals surface area (Å²) in [5.74, 6) is -0.506. The minimum absolute atomic E-state index is 0. The summed E-state index contributed by atoms with van der Waals surface area (Å²) in [5, 5.41) is 5.76. The number of esters is 1. The fourth-order valence-corrected chi connectivity index (χ4v) is 9.50. The van der Waals surface area contributed by atoms with Gasteiger partial charge in [-0.1, -0.05) is 20.8 Å². The molecule has 1 saturated carbocycles. The van der Waals surface area contributed by atoms with Crippen LogP contribution in [0.15, 0.2) is 30.5 Å². The average Bonchev–Trinajstić information content (AvgIpc) is 3.91. The number of anilines is 2. The molecule has 1 aromatic carbocycles. The molecule has 8 rings (SSSR count). The monoisotopic (exact) mass is 1020 g/mol. The number of carbonyl (C=O) groups is 3. The van der Waals surface area contributed by atoms with Gasteiger partial charge in [0, 0.05) is 99.4 Å².